The van der Waals surface area contributed by atoms with Gasteiger partial charge in [-0.3, -0.25) is 9.80 Å². The zero-order chi connectivity index (χ0) is 16.6. The Morgan fingerprint density at radius 1 is 1.12 bits per heavy atom. The lowest BCUT2D eigenvalue weighted by Crippen LogP contribution is -2.41. The summed E-state index contributed by atoms with van der Waals surface area (Å²) < 4.78 is 5.31. The molecule has 24 heavy (non-hydrogen) atoms. The Morgan fingerprint density at radius 2 is 1.88 bits per heavy atom. The minimum absolute atomic E-state index is 0.534. The lowest BCUT2D eigenvalue weighted by Gasteiger charge is -2.39. The summed E-state index contributed by atoms with van der Waals surface area (Å²) in [5.41, 5.74) is 2.86. The molecule has 0 unspecified atom stereocenters. The summed E-state index contributed by atoms with van der Waals surface area (Å²) in [6.45, 7) is 10.9. The van der Waals surface area contributed by atoms with Crippen LogP contribution in [0.25, 0.3) is 0 Å². The lowest BCUT2D eigenvalue weighted by molar-refractivity contribution is 0.101. The normalized spacial score (nSPS) is 21.8. The van der Waals surface area contributed by atoms with Gasteiger partial charge >= 0.3 is 0 Å². The Bertz CT molecular complexity index is 654. The van der Waals surface area contributed by atoms with Crippen LogP contribution < -0.4 is 0 Å². The molecule has 0 atom stereocenters. The van der Waals surface area contributed by atoms with Crippen LogP contribution in [-0.4, -0.2) is 46.1 Å². The summed E-state index contributed by atoms with van der Waals surface area (Å²) in [6, 6.07) is 0. The summed E-state index contributed by atoms with van der Waals surface area (Å²) in [4.78, 5) is 9.61. The van der Waals surface area contributed by atoms with E-state index in [1.54, 1.807) is 11.3 Å². The molecule has 2 fully saturated rings. The predicted octanol–water partition coefficient (Wildman–Crippen LogP) is 3.24. The predicted molar refractivity (Wildman–Crippen MR) is 94.9 cm³/mol. The van der Waals surface area contributed by atoms with Crippen molar-refractivity contribution in [2.45, 2.75) is 46.2 Å². The van der Waals surface area contributed by atoms with Crippen LogP contribution in [0.3, 0.4) is 0 Å². The Hall–Kier alpha value is -1.24. The van der Waals surface area contributed by atoms with Gasteiger partial charge in [0, 0.05) is 30.2 Å². The summed E-state index contributed by atoms with van der Waals surface area (Å²) in [7, 11) is 0. The van der Waals surface area contributed by atoms with Crippen LogP contribution in [0.4, 0.5) is 0 Å². The molecular weight excluding hydrogens is 320 g/mol. The highest BCUT2D eigenvalue weighted by Crippen LogP contribution is 2.41. The second-order valence-electron chi connectivity index (χ2n) is 7.47. The van der Waals surface area contributed by atoms with E-state index in [0.717, 1.165) is 24.5 Å². The third-order valence-corrected chi connectivity index (χ3v) is 6.60. The van der Waals surface area contributed by atoms with Gasteiger partial charge in [-0.2, -0.15) is 0 Å². The maximum Gasteiger partial charge on any atom is 0.138 e. The van der Waals surface area contributed by atoms with Crippen molar-refractivity contribution in [1.29, 1.82) is 0 Å². The van der Waals surface area contributed by atoms with Crippen molar-refractivity contribution < 1.29 is 4.52 Å². The fourth-order valence-corrected chi connectivity index (χ4v) is 4.89. The van der Waals surface area contributed by atoms with Crippen LogP contribution in [0.5, 0.6) is 0 Å². The standard InChI is InChI=1S/C18H26N4OS/c1-14-16(15(2)23-20-14)11-21-7-3-18(4-8-21)5-9-22(13-18)12-17-19-6-10-24-17/h6,10H,3-5,7-9,11-13H2,1-2H3. The average molecular weight is 346 g/mol. The van der Waals surface area contributed by atoms with Gasteiger partial charge in [0.2, 0.25) is 0 Å². The number of hydrogen-bond donors (Lipinski definition) is 0. The van der Waals surface area contributed by atoms with Crippen molar-refractivity contribution in [3.63, 3.8) is 0 Å². The van der Waals surface area contributed by atoms with Crippen molar-refractivity contribution in [1.82, 2.24) is 19.9 Å². The number of rotatable bonds is 4. The number of piperidine rings is 1. The zero-order valence-corrected chi connectivity index (χ0v) is 15.4. The van der Waals surface area contributed by atoms with Gasteiger partial charge in [0.1, 0.15) is 10.8 Å². The van der Waals surface area contributed by atoms with Gasteiger partial charge in [0.05, 0.1) is 12.2 Å². The van der Waals surface area contributed by atoms with E-state index in [1.165, 1.54) is 56.0 Å². The second-order valence-corrected chi connectivity index (χ2v) is 8.44. The van der Waals surface area contributed by atoms with Crippen LogP contribution in [0.15, 0.2) is 16.1 Å². The molecule has 0 N–H and O–H groups in total. The lowest BCUT2D eigenvalue weighted by atomic mass is 9.77. The van der Waals surface area contributed by atoms with E-state index in [2.05, 4.69) is 25.3 Å². The van der Waals surface area contributed by atoms with Crippen molar-refractivity contribution in [3.8, 4) is 0 Å². The molecule has 0 bridgehead atoms. The summed E-state index contributed by atoms with van der Waals surface area (Å²) in [5, 5.41) is 7.42. The summed E-state index contributed by atoms with van der Waals surface area (Å²) >= 11 is 1.77. The number of nitrogens with zero attached hydrogens (tertiary/aromatic N) is 4. The molecule has 0 aliphatic carbocycles. The van der Waals surface area contributed by atoms with Gasteiger partial charge in [0.25, 0.3) is 0 Å². The van der Waals surface area contributed by atoms with Crippen LogP contribution in [-0.2, 0) is 13.1 Å². The van der Waals surface area contributed by atoms with Crippen molar-refractivity contribution >= 4 is 11.3 Å². The first-order valence-corrected chi connectivity index (χ1v) is 9.76. The Kier molecular flexibility index (Phi) is 4.45. The molecule has 1 spiro atoms. The molecule has 2 aliphatic rings. The second kappa shape index (κ2) is 6.58. The molecular formula is C18H26N4OS. The van der Waals surface area contributed by atoms with Gasteiger partial charge < -0.3 is 4.52 Å². The zero-order valence-electron chi connectivity index (χ0n) is 14.6. The monoisotopic (exact) mass is 346 g/mol. The topological polar surface area (TPSA) is 45.4 Å². The third kappa shape index (κ3) is 3.27. The van der Waals surface area contributed by atoms with Crippen molar-refractivity contribution in [2.75, 3.05) is 26.2 Å². The first-order chi connectivity index (χ1) is 11.6. The van der Waals surface area contributed by atoms with Gasteiger partial charge in [0.15, 0.2) is 0 Å². The minimum Gasteiger partial charge on any atom is -0.361 e. The number of aryl methyl sites for hydroxylation is 2. The Balaban J connectivity index is 1.31. The molecule has 2 aromatic rings. The molecule has 2 aliphatic heterocycles. The van der Waals surface area contributed by atoms with Gasteiger partial charge in [-0.05, 0) is 58.2 Å². The highest BCUT2D eigenvalue weighted by Gasteiger charge is 2.40. The fourth-order valence-electron chi connectivity index (χ4n) is 4.23. The third-order valence-electron chi connectivity index (χ3n) is 5.84. The molecule has 4 heterocycles. The molecule has 4 rings (SSSR count). The smallest absolute Gasteiger partial charge is 0.138 e. The van der Waals surface area contributed by atoms with Crippen molar-refractivity contribution in [3.05, 3.63) is 33.6 Å². The van der Waals surface area contributed by atoms with E-state index in [1.807, 2.05) is 20.0 Å². The summed E-state index contributed by atoms with van der Waals surface area (Å²) in [5.74, 6) is 0.975. The van der Waals surface area contributed by atoms with Crippen LogP contribution in [0, 0.1) is 19.3 Å². The summed E-state index contributed by atoms with van der Waals surface area (Å²) in [6.07, 6.45) is 5.88. The largest absolute Gasteiger partial charge is 0.361 e. The first kappa shape index (κ1) is 16.2. The molecule has 2 aromatic heterocycles. The van der Waals surface area contributed by atoms with E-state index in [9.17, 15) is 0 Å². The fraction of sp³-hybridized carbons (Fsp3) is 0.667. The number of likely N-dealkylation sites (tertiary alicyclic amines) is 2. The van der Waals surface area contributed by atoms with E-state index in [4.69, 9.17) is 4.52 Å². The Morgan fingerprint density at radius 3 is 2.50 bits per heavy atom. The molecule has 2 saturated heterocycles. The van der Waals surface area contributed by atoms with E-state index in [-0.39, 0.29) is 0 Å². The van der Waals surface area contributed by atoms with Crippen LogP contribution >= 0.6 is 11.3 Å². The van der Waals surface area contributed by atoms with Crippen LogP contribution in [0.2, 0.25) is 0 Å². The maximum absolute atomic E-state index is 5.31. The van der Waals surface area contributed by atoms with E-state index < -0.39 is 0 Å². The average Bonchev–Trinajstić information content (AvgIpc) is 3.29. The first-order valence-electron chi connectivity index (χ1n) is 8.88. The highest BCUT2D eigenvalue weighted by atomic mass is 32.1. The molecule has 0 aromatic carbocycles. The molecule has 0 amide bonds. The Labute approximate surface area is 147 Å². The number of aromatic nitrogens is 2. The molecule has 6 heteroatoms. The molecule has 130 valence electrons. The van der Waals surface area contributed by atoms with E-state index in [0.29, 0.717) is 5.41 Å². The highest BCUT2D eigenvalue weighted by molar-refractivity contribution is 7.09. The van der Waals surface area contributed by atoms with Gasteiger partial charge in [-0.1, -0.05) is 5.16 Å². The maximum atomic E-state index is 5.31. The SMILES string of the molecule is Cc1noc(C)c1CN1CCC2(CC1)CCN(Cc1nccs1)C2. The van der Waals surface area contributed by atoms with Crippen molar-refractivity contribution in [2.24, 2.45) is 5.41 Å². The van der Waals surface area contributed by atoms with Gasteiger partial charge in [-0.15, -0.1) is 11.3 Å². The van der Waals surface area contributed by atoms with E-state index >= 15 is 0 Å². The van der Waals surface area contributed by atoms with Crippen LogP contribution in [0.1, 0.15) is 41.3 Å². The minimum atomic E-state index is 0.534. The number of hydrogen-bond acceptors (Lipinski definition) is 6. The molecule has 5 nitrogen and oxygen atoms in total. The molecule has 0 saturated carbocycles. The quantitative estimate of drug-likeness (QED) is 0.850. The van der Waals surface area contributed by atoms with Gasteiger partial charge in [-0.25, -0.2) is 4.98 Å². The number of thiazole rings is 1. The molecule has 0 radical (unpaired) electrons.